The number of aryl methyl sites for hydroxylation is 1. The molecule has 7 nitrogen and oxygen atoms in total. The summed E-state index contributed by atoms with van der Waals surface area (Å²) in [7, 11) is 0. The molecular weight excluding hydrogens is 330 g/mol. The van der Waals surface area contributed by atoms with Crippen LogP contribution >= 0.6 is 0 Å². The van der Waals surface area contributed by atoms with Crippen LogP contribution in [0.5, 0.6) is 0 Å². The smallest absolute Gasteiger partial charge is 0.229 e. The average molecular weight is 349 g/mol. The van der Waals surface area contributed by atoms with Gasteiger partial charge in [-0.05, 0) is 25.8 Å². The number of hydrogen-bond acceptors (Lipinski definition) is 7. The first-order chi connectivity index (χ1) is 12.6. The predicted octanol–water partition coefficient (Wildman–Crippen LogP) is 2.37. The van der Waals surface area contributed by atoms with Crippen LogP contribution in [-0.2, 0) is 6.42 Å². The molecule has 1 saturated heterocycles. The molecule has 0 spiro atoms. The highest BCUT2D eigenvalue weighted by Crippen LogP contribution is 2.34. The molecule has 0 amide bonds. The molecule has 132 valence electrons. The zero-order valence-corrected chi connectivity index (χ0v) is 14.5. The van der Waals surface area contributed by atoms with Crippen molar-refractivity contribution in [2.24, 2.45) is 0 Å². The number of para-hydroxylation sites is 1. The Morgan fingerprint density at radius 2 is 2.23 bits per heavy atom. The zero-order chi connectivity index (χ0) is 18.1. The molecule has 3 heterocycles. The monoisotopic (exact) mass is 349 g/mol. The summed E-state index contributed by atoms with van der Waals surface area (Å²) in [6, 6.07) is 10.00. The fraction of sp³-hybridized carbons (Fsp3) is 0.368. The number of aromatic nitrogens is 3. The Morgan fingerprint density at radius 1 is 1.38 bits per heavy atom. The van der Waals surface area contributed by atoms with Gasteiger partial charge < -0.3 is 14.5 Å². The number of fused-ring (bicyclic) bond motifs is 1. The van der Waals surface area contributed by atoms with Crippen molar-refractivity contribution in [3.8, 4) is 6.07 Å². The lowest BCUT2D eigenvalue weighted by Gasteiger charge is -2.40. The Balaban J connectivity index is 1.70. The van der Waals surface area contributed by atoms with Gasteiger partial charge in [0.25, 0.3) is 0 Å². The minimum Gasteiger partial charge on any atom is -0.388 e. The van der Waals surface area contributed by atoms with Crippen LogP contribution in [-0.4, -0.2) is 38.9 Å². The second-order valence-electron chi connectivity index (χ2n) is 6.81. The minimum absolute atomic E-state index is 0.301. The highest BCUT2D eigenvalue weighted by atomic mass is 16.5. The number of piperidine rings is 1. The SMILES string of the molecule is Cc1noc(CC2(O)CCCN(c3c(C#N)cnc4ccccc34)C2)n1. The van der Waals surface area contributed by atoms with Gasteiger partial charge in [0.1, 0.15) is 6.07 Å². The van der Waals surface area contributed by atoms with Crippen molar-refractivity contribution in [3.05, 3.63) is 47.7 Å². The van der Waals surface area contributed by atoms with Gasteiger partial charge >= 0.3 is 0 Å². The summed E-state index contributed by atoms with van der Waals surface area (Å²) >= 11 is 0. The van der Waals surface area contributed by atoms with E-state index >= 15 is 0 Å². The molecule has 1 aliphatic heterocycles. The van der Waals surface area contributed by atoms with Crippen LogP contribution in [0.15, 0.2) is 35.0 Å². The van der Waals surface area contributed by atoms with E-state index < -0.39 is 5.60 Å². The van der Waals surface area contributed by atoms with Crippen LogP contribution in [0.1, 0.15) is 30.1 Å². The summed E-state index contributed by atoms with van der Waals surface area (Å²) in [6.07, 6.45) is 3.36. The topological polar surface area (TPSA) is 99.1 Å². The Morgan fingerprint density at radius 3 is 3.00 bits per heavy atom. The van der Waals surface area contributed by atoms with E-state index in [9.17, 15) is 10.4 Å². The summed E-state index contributed by atoms with van der Waals surface area (Å²) in [5.41, 5.74) is 1.21. The van der Waals surface area contributed by atoms with Crippen LogP contribution in [0.25, 0.3) is 10.9 Å². The maximum atomic E-state index is 11.1. The molecule has 1 fully saturated rings. The van der Waals surface area contributed by atoms with Crippen molar-refractivity contribution >= 4 is 16.6 Å². The third-order valence-electron chi connectivity index (χ3n) is 4.79. The second kappa shape index (κ2) is 6.39. The number of β-amino-alcohol motifs (C(OH)–C–C–N with tert-alkyl or cyclic N) is 1. The van der Waals surface area contributed by atoms with Crippen molar-refractivity contribution in [1.29, 1.82) is 5.26 Å². The summed E-state index contributed by atoms with van der Waals surface area (Å²) in [4.78, 5) is 10.7. The van der Waals surface area contributed by atoms with Crippen LogP contribution in [0.4, 0.5) is 5.69 Å². The summed E-state index contributed by atoms with van der Waals surface area (Å²) in [5, 5.41) is 25.4. The highest BCUT2D eigenvalue weighted by Gasteiger charge is 2.36. The molecule has 1 N–H and O–H groups in total. The molecule has 1 aliphatic rings. The Kier molecular flexibility index (Phi) is 4.05. The quantitative estimate of drug-likeness (QED) is 0.775. The van der Waals surface area contributed by atoms with Gasteiger partial charge in [0.2, 0.25) is 5.89 Å². The second-order valence-corrected chi connectivity index (χ2v) is 6.81. The first-order valence-corrected chi connectivity index (χ1v) is 8.62. The maximum absolute atomic E-state index is 11.1. The number of rotatable bonds is 3. The van der Waals surface area contributed by atoms with Crippen LogP contribution in [0.3, 0.4) is 0 Å². The van der Waals surface area contributed by atoms with E-state index in [1.165, 1.54) is 0 Å². The average Bonchev–Trinajstić information content (AvgIpc) is 3.04. The fourth-order valence-corrected chi connectivity index (χ4v) is 3.69. The van der Waals surface area contributed by atoms with Gasteiger partial charge in [-0.3, -0.25) is 4.98 Å². The van der Waals surface area contributed by atoms with Crippen LogP contribution in [0.2, 0.25) is 0 Å². The first kappa shape index (κ1) is 16.5. The van der Waals surface area contributed by atoms with E-state index in [2.05, 4.69) is 26.1 Å². The van der Waals surface area contributed by atoms with Gasteiger partial charge in [-0.15, -0.1) is 0 Å². The molecule has 0 saturated carbocycles. The van der Waals surface area contributed by atoms with Gasteiger partial charge in [-0.25, -0.2) is 0 Å². The highest BCUT2D eigenvalue weighted by molar-refractivity contribution is 5.94. The van der Waals surface area contributed by atoms with Crippen LogP contribution < -0.4 is 4.90 Å². The fourth-order valence-electron chi connectivity index (χ4n) is 3.69. The molecular formula is C19H19N5O2. The third kappa shape index (κ3) is 3.00. The van der Waals surface area contributed by atoms with E-state index in [0.29, 0.717) is 36.7 Å². The molecule has 1 aromatic carbocycles. The van der Waals surface area contributed by atoms with E-state index in [0.717, 1.165) is 29.6 Å². The molecule has 7 heteroatoms. The number of nitriles is 1. The van der Waals surface area contributed by atoms with Crippen molar-refractivity contribution in [2.75, 3.05) is 18.0 Å². The molecule has 1 unspecified atom stereocenters. The van der Waals surface area contributed by atoms with Crippen molar-refractivity contribution in [3.63, 3.8) is 0 Å². The number of hydrogen-bond donors (Lipinski definition) is 1. The molecule has 0 radical (unpaired) electrons. The Bertz CT molecular complexity index is 993. The van der Waals surface area contributed by atoms with Crippen molar-refractivity contribution < 1.29 is 9.63 Å². The number of aliphatic hydroxyl groups is 1. The Hall–Kier alpha value is -2.98. The van der Waals surface area contributed by atoms with E-state index in [1.807, 2.05) is 24.3 Å². The number of pyridine rings is 1. The van der Waals surface area contributed by atoms with Crippen LogP contribution in [0, 0.1) is 18.3 Å². The number of nitrogens with zero attached hydrogens (tertiary/aromatic N) is 5. The maximum Gasteiger partial charge on any atom is 0.229 e. The van der Waals surface area contributed by atoms with E-state index in [-0.39, 0.29) is 0 Å². The lowest BCUT2D eigenvalue weighted by molar-refractivity contribution is 0.0194. The Labute approximate surface area is 150 Å². The van der Waals surface area contributed by atoms with Gasteiger partial charge in [0.15, 0.2) is 5.82 Å². The summed E-state index contributed by atoms with van der Waals surface area (Å²) < 4.78 is 5.19. The molecule has 3 aromatic rings. The van der Waals surface area contributed by atoms with Gasteiger partial charge in [0.05, 0.1) is 28.8 Å². The third-order valence-corrected chi connectivity index (χ3v) is 4.79. The molecule has 1 atom stereocenters. The van der Waals surface area contributed by atoms with E-state index in [1.54, 1.807) is 13.1 Å². The molecule has 0 bridgehead atoms. The number of benzene rings is 1. The van der Waals surface area contributed by atoms with E-state index in [4.69, 9.17) is 4.52 Å². The normalized spacial score (nSPS) is 20.3. The zero-order valence-electron chi connectivity index (χ0n) is 14.5. The standard InChI is InChI=1S/C19H19N5O2/c1-13-22-17(26-23-13)9-19(25)7-4-8-24(12-19)18-14(10-20)11-21-16-6-3-2-5-15(16)18/h2-3,5-6,11,25H,4,7-9,12H2,1H3. The minimum atomic E-state index is -0.978. The van der Waals surface area contributed by atoms with Gasteiger partial charge in [-0.2, -0.15) is 10.2 Å². The molecule has 0 aliphatic carbocycles. The predicted molar refractivity (Wildman–Crippen MR) is 95.6 cm³/mol. The van der Waals surface area contributed by atoms with Crippen molar-refractivity contribution in [1.82, 2.24) is 15.1 Å². The number of anilines is 1. The van der Waals surface area contributed by atoms with Gasteiger partial charge in [0, 0.05) is 24.7 Å². The first-order valence-electron chi connectivity index (χ1n) is 8.62. The molecule has 26 heavy (non-hydrogen) atoms. The molecule has 2 aromatic heterocycles. The van der Waals surface area contributed by atoms with Gasteiger partial charge in [-0.1, -0.05) is 23.4 Å². The summed E-state index contributed by atoms with van der Waals surface area (Å²) in [6.45, 7) is 2.93. The largest absolute Gasteiger partial charge is 0.388 e. The lowest BCUT2D eigenvalue weighted by atomic mass is 9.88. The molecule has 4 rings (SSSR count). The van der Waals surface area contributed by atoms with Crippen molar-refractivity contribution in [2.45, 2.75) is 31.8 Å². The lowest BCUT2D eigenvalue weighted by Crippen LogP contribution is -2.50. The summed E-state index contributed by atoms with van der Waals surface area (Å²) in [5.74, 6) is 0.995.